The van der Waals surface area contributed by atoms with E-state index in [1.807, 2.05) is 42.5 Å². The predicted molar refractivity (Wildman–Crippen MR) is 119 cm³/mol. The molecule has 0 saturated heterocycles. The van der Waals surface area contributed by atoms with Gasteiger partial charge < -0.3 is 14.8 Å². The van der Waals surface area contributed by atoms with Gasteiger partial charge in [-0.2, -0.15) is 9.78 Å². The molecule has 31 heavy (non-hydrogen) atoms. The molecule has 1 atom stereocenters. The Labute approximate surface area is 182 Å². The van der Waals surface area contributed by atoms with Crippen LogP contribution in [0.1, 0.15) is 23.5 Å². The summed E-state index contributed by atoms with van der Waals surface area (Å²) >= 11 is 1.53. The summed E-state index contributed by atoms with van der Waals surface area (Å²) in [7, 11) is 1.58. The molecule has 4 aromatic rings. The molecular weight excluding hydrogens is 412 g/mol. The minimum absolute atomic E-state index is 0.0769. The van der Waals surface area contributed by atoms with Gasteiger partial charge in [-0.25, -0.2) is 4.98 Å². The van der Waals surface area contributed by atoms with Crippen molar-refractivity contribution in [2.75, 3.05) is 19.0 Å². The highest BCUT2D eigenvalue weighted by molar-refractivity contribution is 7.20. The molecule has 1 aliphatic rings. The zero-order chi connectivity index (χ0) is 21.4. The summed E-state index contributed by atoms with van der Waals surface area (Å²) in [6.07, 6.45) is 7.39. The van der Waals surface area contributed by atoms with E-state index in [9.17, 15) is 4.79 Å². The van der Waals surface area contributed by atoms with Crippen LogP contribution in [0.5, 0.6) is 11.5 Å². The number of nitrogens with one attached hydrogen (secondary N) is 1. The first-order valence-corrected chi connectivity index (χ1v) is 10.5. The van der Waals surface area contributed by atoms with Crippen LogP contribution >= 0.6 is 11.3 Å². The molecule has 3 heterocycles. The molecule has 1 amide bonds. The third kappa shape index (κ3) is 3.39. The van der Waals surface area contributed by atoms with Crippen molar-refractivity contribution in [1.29, 1.82) is 0 Å². The molecule has 2 aromatic carbocycles. The average Bonchev–Trinajstić information content (AvgIpc) is 3.40. The molecule has 8 heteroatoms. The minimum atomic E-state index is -0.164. The van der Waals surface area contributed by atoms with E-state index < -0.39 is 0 Å². The Morgan fingerprint density at radius 3 is 2.97 bits per heavy atom. The Morgan fingerprint density at radius 1 is 1.29 bits per heavy atom. The number of para-hydroxylation sites is 1. The van der Waals surface area contributed by atoms with Gasteiger partial charge in [-0.15, -0.1) is 6.42 Å². The van der Waals surface area contributed by atoms with Crippen LogP contribution in [-0.4, -0.2) is 34.4 Å². The normalized spacial score (nSPS) is 15.2. The molecule has 0 radical (unpaired) electrons. The Balaban J connectivity index is 1.55. The maximum absolute atomic E-state index is 12.6. The molecule has 7 nitrogen and oxygen atoms in total. The third-order valence-electron chi connectivity index (χ3n) is 5.19. The molecule has 5 rings (SSSR count). The maximum Gasteiger partial charge on any atom is 0.226 e. The first kappa shape index (κ1) is 19.2. The van der Waals surface area contributed by atoms with E-state index in [1.165, 1.54) is 11.3 Å². The van der Waals surface area contributed by atoms with Crippen molar-refractivity contribution in [2.45, 2.75) is 12.3 Å². The lowest BCUT2D eigenvalue weighted by Gasteiger charge is -2.24. The van der Waals surface area contributed by atoms with E-state index in [0.717, 1.165) is 21.3 Å². The van der Waals surface area contributed by atoms with Gasteiger partial charge in [0.15, 0.2) is 11.5 Å². The first-order chi connectivity index (χ1) is 15.2. The summed E-state index contributed by atoms with van der Waals surface area (Å²) in [4.78, 5) is 17.2. The summed E-state index contributed by atoms with van der Waals surface area (Å²) in [6.45, 7) is 0.153. The van der Waals surface area contributed by atoms with Crippen molar-refractivity contribution in [3.8, 4) is 29.0 Å². The van der Waals surface area contributed by atoms with Crippen LogP contribution in [0.2, 0.25) is 0 Å². The number of anilines is 1. The molecule has 1 unspecified atom stereocenters. The highest BCUT2D eigenvalue weighted by Gasteiger charge is 2.31. The second-order valence-electron chi connectivity index (χ2n) is 7.03. The van der Waals surface area contributed by atoms with Gasteiger partial charge in [0.2, 0.25) is 11.0 Å². The van der Waals surface area contributed by atoms with E-state index in [4.69, 9.17) is 15.9 Å². The number of fused-ring (bicyclic) bond motifs is 2. The zero-order valence-corrected chi connectivity index (χ0v) is 17.5. The van der Waals surface area contributed by atoms with Crippen molar-refractivity contribution in [2.24, 2.45) is 0 Å². The lowest BCUT2D eigenvalue weighted by atomic mass is 9.87. The van der Waals surface area contributed by atoms with Crippen LogP contribution in [0, 0.1) is 12.3 Å². The number of methoxy groups -OCH3 is 1. The van der Waals surface area contributed by atoms with E-state index in [0.29, 0.717) is 28.9 Å². The summed E-state index contributed by atoms with van der Waals surface area (Å²) in [5.41, 5.74) is 2.76. The van der Waals surface area contributed by atoms with Gasteiger partial charge in [0.25, 0.3) is 0 Å². The summed E-state index contributed by atoms with van der Waals surface area (Å²) < 4.78 is 13.8. The third-order valence-corrected chi connectivity index (χ3v) is 6.20. The molecule has 1 aliphatic heterocycles. The Hall–Kier alpha value is -3.83. The van der Waals surface area contributed by atoms with Crippen LogP contribution in [-0.2, 0) is 4.79 Å². The highest BCUT2D eigenvalue weighted by atomic mass is 32.1. The van der Waals surface area contributed by atoms with Gasteiger partial charge in [0.1, 0.15) is 12.4 Å². The number of terminal acetylenes is 1. The van der Waals surface area contributed by atoms with E-state index in [2.05, 4.69) is 21.3 Å². The number of hydrogen-bond acceptors (Lipinski definition) is 6. The van der Waals surface area contributed by atoms with Crippen LogP contribution in [0.25, 0.3) is 15.3 Å². The van der Waals surface area contributed by atoms with Crippen LogP contribution in [0.15, 0.2) is 48.7 Å². The second kappa shape index (κ2) is 7.78. The Kier molecular flexibility index (Phi) is 4.81. The smallest absolute Gasteiger partial charge is 0.226 e. The van der Waals surface area contributed by atoms with E-state index in [1.54, 1.807) is 18.0 Å². The fourth-order valence-corrected chi connectivity index (χ4v) is 4.68. The number of ether oxygens (including phenoxy) is 2. The number of rotatable bonds is 5. The lowest BCUT2D eigenvalue weighted by Crippen LogP contribution is -2.24. The van der Waals surface area contributed by atoms with Gasteiger partial charge >= 0.3 is 0 Å². The first-order valence-electron chi connectivity index (χ1n) is 9.66. The van der Waals surface area contributed by atoms with Gasteiger partial charge in [0, 0.05) is 17.9 Å². The molecule has 0 saturated carbocycles. The van der Waals surface area contributed by atoms with E-state index >= 15 is 0 Å². The van der Waals surface area contributed by atoms with Crippen molar-refractivity contribution >= 4 is 33.3 Å². The molecule has 1 N–H and O–H groups in total. The van der Waals surface area contributed by atoms with Gasteiger partial charge in [0.05, 0.1) is 23.5 Å². The number of carbonyl (C=O) groups is 1. The van der Waals surface area contributed by atoms with Gasteiger partial charge in [-0.05, 0) is 29.8 Å². The average molecular weight is 430 g/mol. The fourth-order valence-electron chi connectivity index (χ4n) is 3.75. The van der Waals surface area contributed by atoms with Crippen molar-refractivity contribution in [1.82, 2.24) is 14.8 Å². The molecule has 0 spiro atoms. The molecule has 0 aliphatic carbocycles. The molecular formula is C23H18N4O3S. The Morgan fingerprint density at radius 2 is 2.16 bits per heavy atom. The highest BCUT2D eigenvalue weighted by Crippen LogP contribution is 2.41. The number of benzene rings is 2. The molecule has 2 aromatic heterocycles. The fraction of sp³-hybridized carbons (Fsp3) is 0.174. The second-order valence-corrected chi connectivity index (χ2v) is 8.04. The number of hydrogen-bond donors (Lipinski definition) is 1. The van der Waals surface area contributed by atoms with E-state index in [-0.39, 0.29) is 18.4 Å². The largest absolute Gasteiger partial charge is 0.493 e. The molecule has 154 valence electrons. The quantitative estimate of drug-likeness (QED) is 0.485. The minimum Gasteiger partial charge on any atom is -0.493 e. The van der Waals surface area contributed by atoms with Crippen molar-refractivity contribution < 1.29 is 14.3 Å². The lowest BCUT2D eigenvalue weighted by molar-refractivity contribution is -0.116. The van der Waals surface area contributed by atoms with Gasteiger partial charge in [-0.1, -0.05) is 35.5 Å². The number of thiazole rings is 1. The standard InChI is InChI=1S/C23H18N4O3S/c1-3-10-30-18-9-8-14(11-19(18)29-2)15-12-21(28)26-22-16(15)13-24-27(22)23-25-17-6-4-5-7-20(17)31-23/h1,4-9,11,13,15H,10,12H2,2H3,(H,26,28). The predicted octanol–water partition coefficient (Wildman–Crippen LogP) is 3.98. The number of amides is 1. The topological polar surface area (TPSA) is 78.3 Å². The monoisotopic (exact) mass is 430 g/mol. The van der Waals surface area contributed by atoms with Crippen LogP contribution in [0.3, 0.4) is 0 Å². The zero-order valence-electron chi connectivity index (χ0n) is 16.7. The SMILES string of the molecule is C#CCOc1ccc(C2CC(=O)Nc3c2cnn3-c2nc3ccccc3s2)cc1OC. The molecule has 0 fully saturated rings. The summed E-state index contributed by atoms with van der Waals surface area (Å²) in [5, 5.41) is 8.22. The summed E-state index contributed by atoms with van der Waals surface area (Å²) in [6, 6.07) is 13.5. The molecule has 0 bridgehead atoms. The summed E-state index contributed by atoms with van der Waals surface area (Å²) in [5.74, 6) is 3.98. The van der Waals surface area contributed by atoms with Gasteiger partial charge in [-0.3, -0.25) is 4.79 Å². The van der Waals surface area contributed by atoms with Crippen LogP contribution in [0.4, 0.5) is 5.82 Å². The maximum atomic E-state index is 12.6. The van der Waals surface area contributed by atoms with Crippen molar-refractivity contribution in [3.05, 3.63) is 59.8 Å². The Bertz CT molecular complexity index is 1300. The number of aromatic nitrogens is 3. The number of carbonyl (C=O) groups excluding carboxylic acids is 1. The van der Waals surface area contributed by atoms with Crippen molar-refractivity contribution in [3.63, 3.8) is 0 Å². The number of nitrogens with zero attached hydrogens (tertiary/aromatic N) is 3. The van der Waals surface area contributed by atoms with Crippen LogP contribution < -0.4 is 14.8 Å².